The SMILES string of the molecule is CCN(CC)CCn1nnc2sc3c(c2c1=O)CCCC3. The van der Waals surface area contributed by atoms with E-state index in [1.807, 2.05) is 0 Å². The van der Waals surface area contributed by atoms with Crippen molar-refractivity contribution in [2.75, 3.05) is 19.6 Å². The summed E-state index contributed by atoms with van der Waals surface area (Å²) in [4.78, 5) is 17.2. The Kier molecular flexibility index (Phi) is 4.35. The lowest BCUT2D eigenvalue weighted by Crippen LogP contribution is -2.32. The molecule has 6 heteroatoms. The molecule has 1 aliphatic rings. The zero-order chi connectivity index (χ0) is 14.8. The van der Waals surface area contributed by atoms with Crippen molar-refractivity contribution in [3.63, 3.8) is 0 Å². The molecule has 0 aliphatic heterocycles. The molecule has 2 aromatic heterocycles. The second kappa shape index (κ2) is 6.23. The van der Waals surface area contributed by atoms with Gasteiger partial charge in [-0.05, 0) is 44.3 Å². The molecule has 0 atom stereocenters. The lowest BCUT2D eigenvalue weighted by molar-refractivity contribution is 0.281. The van der Waals surface area contributed by atoms with E-state index in [1.54, 1.807) is 16.0 Å². The predicted octanol–water partition coefficient (Wildman–Crippen LogP) is 2.07. The molecule has 114 valence electrons. The lowest BCUT2D eigenvalue weighted by atomic mass is 9.97. The summed E-state index contributed by atoms with van der Waals surface area (Å²) in [7, 11) is 0. The van der Waals surface area contributed by atoms with E-state index < -0.39 is 0 Å². The fraction of sp³-hybridized carbons (Fsp3) is 0.667. The van der Waals surface area contributed by atoms with Crippen molar-refractivity contribution < 1.29 is 0 Å². The van der Waals surface area contributed by atoms with E-state index in [0.717, 1.165) is 42.7 Å². The Balaban J connectivity index is 1.94. The molecule has 3 rings (SSSR count). The van der Waals surface area contributed by atoms with Gasteiger partial charge in [0, 0.05) is 11.4 Å². The molecule has 0 radical (unpaired) electrons. The van der Waals surface area contributed by atoms with Crippen LogP contribution < -0.4 is 5.56 Å². The highest BCUT2D eigenvalue weighted by Crippen LogP contribution is 2.32. The normalized spacial score (nSPS) is 14.8. The highest BCUT2D eigenvalue weighted by Gasteiger charge is 2.20. The summed E-state index contributed by atoms with van der Waals surface area (Å²) in [5.74, 6) is 0. The molecule has 0 N–H and O–H groups in total. The van der Waals surface area contributed by atoms with E-state index in [-0.39, 0.29) is 5.56 Å². The second-order valence-electron chi connectivity index (χ2n) is 5.54. The van der Waals surface area contributed by atoms with Crippen LogP contribution in [0, 0.1) is 0 Å². The number of fused-ring (bicyclic) bond motifs is 3. The van der Waals surface area contributed by atoms with Crippen LogP contribution in [-0.2, 0) is 19.4 Å². The van der Waals surface area contributed by atoms with Crippen molar-refractivity contribution in [1.82, 2.24) is 19.9 Å². The summed E-state index contributed by atoms with van der Waals surface area (Å²) in [5.41, 5.74) is 1.30. The fourth-order valence-corrected chi connectivity index (χ4v) is 4.23. The molecule has 0 saturated carbocycles. The average Bonchev–Trinajstić information content (AvgIpc) is 2.89. The number of hydrogen-bond acceptors (Lipinski definition) is 5. The Morgan fingerprint density at radius 1 is 1.24 bits per heavy atom. The van der Waals surface area contributed by atoms with Gasteiger partial charge in [-0.15, -0.1) is 16.4 Å². The highest BCUT2D eigenvalue weighted by molar-refractivity contribution is 7.18. The Morgan fingerprint density at radius 2 is 2.00 bits per heavy atom. The molecule has 0 unspecified atom stereocenters. The smallest absolute Gasteiger partial charge is 0.278 e. The Bertz CT molecular complexity index is 687. The van der Waals surface area contributed by atoms with Crippen LogP contribution in [-0.4, -0.2) is 39.5 Å². The summed E-state index contributed by atoms with van der Waals surface area (Å²) in [6, 6.07) is 0. The molecule has 0 bridgehead atoms. The van der Waals surface area contributed by atoms with Gasteiger partial charge < -0.3 is 4.90 Å². The zero-order valence-corrected chi connectivity index (χ0v) is 13.6. The predicted molar refractivity (Wildman–Crippen MR) is 86.1 cm³/mol. The van der Waals surface area contributed by atoms with Gasteiger partial charge in [0.25, 0.3) is 5.56 Å². The van der Waals surface area contributed by atoms with E-state index in [0.29, 0.717) is 6.54 Å². The molecular weight excluding hydrogens is 284 g/mol. The van der Waals surface area contributed by atoms with Crippen LogP contribution in [0.2, 0.25) is 0 Å². The van der Waals surface area contributed by atoms with Crippen molar-refractivity contribution in [3.8, 4) is 0 Å². The second-order valence-corrected chi connectivity index (χ2v) is 6.62. The molecule has 0 spiro atoms. The maximum atomic E-state index is 12.7. The van der Waals surface area contributed by atoms with Gasteiger partial charge in [-0.25, -0.2) is 4.68 Å². The molecule has 2 heterocycles. The number of thiophene rings is 1. The third-order valence-electron chi connectivity index (χ3n) is 4.37. The first-order valence-corrected chi connectivity index (χ1v) is 8.66. The van der Waals surface area contributed by atoms with Crippen molar-refractivity contribution in [1.29, 1.82) is 0 Å². The number of rotatable bonds is 5. The third kappa shape index (κ3) is 2.74. The van der Waals surface area contributed by atoms with Crippen LogP contribution in [0.3, 0.4) is 0 Å². The van der Waals surface area contributed by atoms with E-state index in [2.05, 4.69) is 29.1 Å². The minimum absolute atomic E-state index is 0.0477. The molecule has 0 amide bonds. The quantitative estimate of drug-likeness (QED) is 0.848. The van der Waals surface area contributed by atoms with E-state index in [1.165, 1.54) is 23.3 Å². The van der Waals surface area contributed by atoms with Crippen LogP contribution in [0.5, 0.6) is 0 Å². The molecular formula is C15H22N4OS. The minimum atomic E-state index is 0.0477. The van der Waals surface area contributed by atoms with Gasteiger partial charge in [-0.3, -0.25) is 4.79 Å². The van der Waals surface area contributed by atoms with E-state index in [9.17, 15) is 4.79 Å². The number of likely N-dealkylation sites (N-methyl/N-ethyl adjacent to an activating group) is 1. The maximum absolute atomic E-state index is 12.7. The lowest BCUT2D eigenvalue weighted by Gasteiger charge is -2.17. The summed E-state index contributed by atoms with van der Waals surface area (Å²) in [6.45, 7) is 7.73. The fourth-order valence-electron chi connectivity index (χ4n) is 3.03. The Labute approximate surface area is 128 Å². The van der Waals surface area contributed by atoms with Crippen molar-refractivity contribution in [2.45, 2.75) is 46.1 Å². The molecule has 1 aliphatic carbocycles. The van der Waals surface area contributed by atoms with E-state index in [4.69, 9.17) is 0 Å². The first-order valence-electron chi connectivity index (χ1n) is 7.85. The maximum Gasteiger partial charge on any atom is 0.278 e. The highest BCUT2D eigenvalue weighted by atomic mass is 32.1. The van der Waals surface area contributed by atoms with Crippen molar-refractivity contribution >= 4 is 21.6 Å². The Morgan fingerprint density at radius 3 is 2.76 bits per heavy atom. The van der Waals surface area contributed by atoms with Gasteiger partial charge in [0.1, 0.15) is 0 Å². The number of nitrogens with zero attached hydrogens (tertiary/aromatic N) is 4. The first kappa shape index (κ1) is 14.7. The minimum Gasteiger partial charge on any atom is -0.302 e. The van der Waals surface area contributed by atoms with Crippen LogP contribution >= 0.6 is 11.3 Å². The summed E-state index contributed by atoms with van der Waals surface area (Å²) < 4.78 is 1.54. The number of aryl methyl sites for hydroxylation is 2. The summed E-state index contributed by atoms with van der Waals surface area (Å²) >= 11 is 1.66. The largest absolute Gasteiger partial charge is 0.302 e. The van der Waals surface area contributed by atoms with Crippen LogP contribution in [0.25, 0.3) is 10.2 Å². The topological polar surface area (TPSA) is 51.0 Å². The molecule has 0 fully saturated rings. The molecule has 5 nitrogen and oxygen atoms in total. The summed E-state index contributed by atoms with van der Waals surface area (Å²) in [6.07, 6.45) is 4.52. The van der Waals surface area contributed by atoms with Gasteiger partial charge in [0.15, 0.2) is 4.83 Å². The number of hydrogen-bond donors (Lipinski definition) is 0. The van der Waals surface area contributed by atoms with Crippen molar-refractivity contribution in [2.24, 2.45) is 0 Å². The third-order valence-corrected chi connectivity index (χ3v) is 5.54. The van der Waals surface area contributed by atoms with Gasteiger partial charge in [0.2, 0.25) is 0 Å². The van der Waals surface area contributed by atoms with Gasteiger partial charge in [0.05, 0.1) is 11.9 Å². The van der Waals surface area contributed by atoms with Crippen LogP contribution in [0.4, 0.5) is 0 Å². The number of aromatic nitrogens is 3. The van der Waals surface area contributed by atoms with E-state index >= 15 is 0 Å². The zero-order valence-electron chi connectivity index (χ0n) is 12.8. The standard InChI is InChI=1S/C15H22N4OS/c1-3-18(4-2)9-10-19-15(20)13-11-7-5-6-8-12(11)21-14(13)16-17-19/h3-10H2,1-2H3. The van der Waals surface area contributed by atoms with Gasteiger partial charge in [-0.1, -0.05) is 19.1 Å². The van der Waals surface area contributed by atoms with Crippen LogP contribution in [0.15, 0.2) is 4.79 Å². The van der Waals surface area contributed by atoms with Gasteiger partial charge >= 0.3 is 0 Å². The van der Waals surface area contributed by atoms with Crippen molar-refractivity contribution in [3.05, 3.63) is 20.8 Å². The summed E-state index contributed by atoms with van der Waals surface area (Å²) in [5, 5.41) is 9.26. The molecule has 0 saturated heterocycles. The first-order chi connectivity index (χ1) is 10.2. The monoisotopic (exact) mass is 306 g/mol. The molecule has 2 aromatic rings. The average molecular weight is 306 g/mol. The van der Waals surface area contributed by atoms with Crippen LogP contribution in [0.1, 0.15) is 37.1 Å². The Hall–Kier alpha value is -1.27. The van der Waals surface area contributed by atoms with Gasteiger partial charge in [-0.2, -0.15) is 0 Å². The molecule has 21 heavy (non-hydrogen) atoms. The molecule has 0 aromatic carbocycles.